The molecular weight excluding hydrogens is 505 g/mol. The van der Waals surface area contributed by atoms with Crippen LogP contribution < -0.4 is 0 Å². The van der Waals surface area contributed by atoms with E-state index in [0.717, 1.165) is 25.0 Å². The Morgan fingerprint density at radius 2 is 1.84 bits per heavy atom. The molecule has 4 aliphatic carbocycles. The third-order valence-corrected chi connectivity index (χ3v) is 16.5. The van der Waals surface area contributed by atoms with E-state index < -0.39 is 13.9 Å². The second-order valence-corrected chi connectivity index (χ2v) is 21.2. The van der Waals surface area contributed by atoms with Gasteiger partial charge in [-0.05, 0) is 88.3 Å². The van der Waals surface area contributed by atoms with Crippen molar-refractivity contribution in [2.24, 2.45) is 22.7 Å². The predicted molar refractivity (Wildman–Crippen MR) is 166 cm³/mol. The van der Waals surface area contributed by atoms with Crippen LogP contribution in [0.1, 0.15) is 87.5 Å². The van der Waals surface area contributed by atoms with Gasteiger partial charge < -0.3 is 14.6 Å². The van der Waals surface area contributed by atoms with E-state index in [1.807, 2.05) is 31.7 Å². The number of fused-ring (bicyclic) bond motifs is 5. The van der Waals surface area contributed by atoms with Gasteiger partial charge in [-0.1, -0.05) is 81.7 Å². The first kappa shape index (κ1) is 30.4. The van der Waals surface area contributed by atoms with Gasteiger partial charge in [-0.3, -0.25) is 0 Å². The van der Waals surface area contributed by atoms with Crippen molar-refractivity contribution >= 4 is 20.1 Å². The Morgan fingerprint density at radius 1 is 1.16 bits per heavy atom. The molecule has 38 heavy (non-hydrogen) atoms. The zero-order valence-electron chi connectivity index (χ0n) is 25.7. The Balaban J connectivity index is 1.57. The number of allylic oxidation sites excluding steroid dienone is 4. The Labute approximate surface area is 238 Å². The first-order valence-electron chi connectivity index (χ1n) is 14.9. The minimum absolute atomic E-state index is 0.0365. The van der Waals surface area contributed by atoms with Crippen LogP contribution in [-0.2, 0) is 4.43 Å². The number of thioether (sulfide) groups is 1. The third-order valence-electron chi connectivity index (χ3n) is 10.9. The smallest absolute Gasteiger partial charge is 0.192 e. The number of hydrogen-bond donors (Lipinski definition) is 2. The van der Waals surface area contributed by atoms with Gasteiger partial charge in [0.25, 0.3) is 0 Å². The summed E-state index contributed by atoms with van der Waals surface area (Å²) in [6.07, 6.45) is 16.2. The van der Waals surface area contributed by atoms with Crippen molar-refractivity contribution in [3.63, 3.8) is 0 Å². The highest BCUT2D eigenvalue weighted by molar-refractivity contribution is 8.00. The summed E-state index contributed by atoms with van der Waals surface area (Å²) in [5.74, 6) is 1.97. The van der Waals surface area contributed by atoms with Crippen molar-refractivity contribution in [3.8, 4) is 0 Å². The second-order valence-electron chi connectivity index (χ2n) is 15.1. The van der Waals surface area contributed by atoms with Crippen LogP contribution in [-0.4, -0.2) is 47.3 Å². The third kappa shape index (κ3) is 5.49. The summed E-state index contributed by atoms with van der Waals surface area (Å²) in [5.41, 5.74) is 4.09. The van der Waals surface area contributed by atoms with E-state index in [0.29, 0.717) is 17.1 Å². The Morgan fingerprint density at radius 3 is 2.47 bits per heavy atom. The topological polar surface area (TPSA) is 49.7 Å². The molecule has 0 saturated heterocycles. The van der Waals surface area contributed by atoms with Gasteiger partial charge in [0, 0.05) is 16.4 Å². The van der Waals surface area contributed by atoms with Gasteiger partial charge >= 0.3 is 0 Å². The molecule has 2 saturated carbocycles. The molecule has 5 heteroatoms. The molecule has 2 N–H and O–H groups in total. The van der Waals surface area contributed by atoms with Crippen LogP contribution in [0.3, 0.4) is 0 Å². The number of rotatable bonds is 7. The van der Waals surface area contributed by atoms with Crippen molar-refractivity contribution in [1.82, 2.24) is 0 Å². The van der Waals surface area contributed by atoms with E-state index in [4.69, 9.17) is 4.43 Å². The SMILES string of the molecule is CC(SC/C=C/C(C)(C)O)C1=CC[C@H]2C3=CC=C4CC(O)CC(O[Si](C)(C)C(C)(C)C)[C@]4(C)[C@H]3CC[C@]12C. The lowest BCUT2D eigenvalue weighted by molar-refractivity contribution is -0.0417. The monoisotopic (exact) mass is 558 g/mol. The molecule has 3 nitrogen and oxygen atoms in total. The summed E-state index contributed by atoms with van der Waals surface area (Å²) in [6.45, 7) is 22.7. The lowest BCUT2D eigenvalue weighted by Gasteiger charge is -2.58. The van der Waals surface area contributed by atoms with E-state index in [-0.39, 0.29) is 28.1 Å². The lowest BCUT2D eigenvalue weighted by Crippen LogP contribution is -2.57. The fourth-order valence-electron chi connectivity index (χ4n) is 7.60. The zero-order valence-corrected chi connectivity index (χ0v) is 27.5. The van der Waals surface area contributed by atoms with Crippen molar-refractivity contribution in [1.29, 1.82) is 0 Å². The highest BCUT2D eigenvalue weighted by atomic mass is 32.2. The minimum Gasteiger partial charge on any atom is -0.413 e. The number of aliphatic hydroxyl groups excluding tert-OH is 1. The molecule has 0 radical (unpaired) electrons. The Hall–Kier alpha value is -0.593. The van der Waals surface area contributed by atoms with Gasteiger partial charge in [0.05, 0.1) is 17.8 Å². The minimum atomic E-state index is -1.99. The molecule has 0 aromatic heterocycles. The molecular formula is C33H54O3SSi. The van der Waals surface area contributed by atoms with Gasteiger partial charge in [0.1, 0.15) is 0 Å². The molecule has 0 aromatic carbocycles. The molecule has 4 rings (SSSR count). The van der Waals surface area contributed by atoms with E-state index in [9.17, 15) is 10.2 Å². The normalized spacial score (nSPS) is 36.7. The van der Waals surface area contributed by atoms with Crippen LogP contribution in [0.4, 0.5) is 0 Å². The fraction of sp³-hybridized carbons (Fsp3) is 0.758. The van der Waals surface area contributed by atoms with Gasteiger partial charge in [-0.15, -0.1) is 0 Å². The van der Waals surface area contributed by atoms with Crippen LogP contribution in [0, 0.1) is 22.7 Å². The van der Waals surface area contributed by atoms with Crippen LogP contribution >= 0.6 is 11.8 Å². The predicted octanol–water partition coefficient (Wildman–Crippen LogP) is 8.22. The quantitative estimate of drug-likeness (QED) is 0.244. The highest BCUT2D eigenvalue weighted by Crippen LogP contribution is 2.65. The van der Waals surface area contributed by atoms with Gasteiger partial charge in [0.2, 0.25) is 0 Å². The molecule has 214 valence electrons. The average molecular weight is 559 g/mol. The van der Waals surface area contributed by atoms with Gasteiger partial charge in [-0.2, -0.15) is 11.8 Å². The van der Waals surface area contributed by atoms with E-state index in [2.05, 4.69) is 78.9 Å². The number of hydrogen-bond acceptors (Lipinski definition) is 4. The summed E-state index contributed by atoms with van der Waals surface area (Å²) in [6, 6.07) is 0. The molecule has 4 aliphatic rings. The summed E-state index contributed by atoms with van der Waals surface area (Å²) < 4.78 is 7.18. The molecule has 0 aliphatic heterocycles. The van der Waals surface area contributed by atoms with Crippen LogP contribution in [0.25, 0.3) is 0 Å². The van der Waals surface area contributed by atoms with E-state index in [1.165, 1.54) is 18.4 Å². The lowest BCUT2D eigenvalue weighted by atomic mass is 9.49. The number of aliphatic hydroxyl groups is 2. The molecule has 7 atom stereocenters. The first-order chi connectivity index (χ1) is 17.4. The maximum Gasteiger partial charge on any atom is 0.192 e. The van der Waals surface area contributed by atoms with Crippen molar-refractivity contribution in [2.75, 3.05) is 5.75 Å². The van der Waals surface area contributed by atoms with Crippen molar-refractivity contribution in [3.05, 3.63) is 47.1 Å². The molecule has 0 bridgehead atoms. The Kier molecular flexibility index (Phi) is 8.27. The molecule has 0 amide bonds. The summed E-state index contributed by atoms with van der Waals surface area (Å²) in [7, 11) is -1.99. The van der Waals surface area contributed by atoms with Crippen LogP contribution in [0.15, 0.2) is 47.1 Å². The molecule has 0 spiro atoms. The molecule has 3 unspecified atom stereocenters. The fourth-order valence-corrected chi connectivity index (χ4v) is 10.0. The van der Waals surface area contributed by atoms with Crippen LogP contribution in [0.5, 0.6) is 0 Å². The first-order valence-corrected chi connectivity index (χ1v) is 18.8. The molecule has 0 aromatic rings. The second kappa shape index (κ2) is 10.3. The summed E-state index contributed by atoms with van der Waals surface area (Å²) in [4.78, 5) is 0. The standard InChI is InChI=1S/C33H54O3SSi/c1-22(37-19-11-17-31(5,6)35)26-14-15-27-25-13-12-23-20-24(34)21-29(36-38(9,10)30(2,3)4)33(23,8)28(25)16-18-32(26,27)7/h11-14,17,22,24,27-29,34-35H,15-16,18-21H2,1-10H3/b17-11+/t22?,24?,27-,28-,29?,32+,33-/m0/s1. The van der Waals surface area contributed by atoms with E-state index >= 15 is 0 Å². The highest BCUT2D eigenvalue weighted by Gasteiger charge is 2.58. The molecule has 2 fully saturated rings. The average Bonchev–Trinajstić information content (AvgIpc) is 3.13. The summed E-state index contributed by atoms with van der Waals surface area (Å²) >= 11 is 1.98. The van der Waals surface area contributed by atoms with Crippen molar-refractivity contribution < 1.29 is 14.6 Å². The van der Waals surface area contributed by atoms with E-state index in [1.54, 1.807) is 11.1 Å². The maximum atomic E-state index is 10.9. The molecule has 0 heterocycles. The van der Waals surface area contributed by atoms with Crippen molar-refractivity contribution in [2.45, 2.75) is 129 Å². The Bertz CT molecular complexity index is 1030. The zero-order chi connectivity index (χ0) is 28.3. The maximum absolute atomic E-state index is 10.9. The van der Waals surface area contributed by atoms with Gasteiger partial charge in [-0.25, -0.2) is 0 Å². The van der Waals surface area contributed by atoms with Crippen LogP contribution in [0.2, 0.25) is 18.1 Å². The largest absolute Gasteiger partial charge is 0.413 e. The van der Waals surface area contributed by atoms with Gasteiger partial charge in [0.15, 0.2) is 8.32 Å². The summed E-state index contributed by atoms with van der Waals surface area (Å²) in [5, 5.41) is 21.5.